The van der Waals surface area contributed by atoms with Gasteiger partial charge in [0.25, 0.3) is 0 Å². The van der Waals surface area contributed by atoms with Gasteiger partial charge in [0.2, 0.25) is 5.95 Å². The van der Waals surface area contributed by atoms with Crippen LogP contribution in [0.3, 0.4) is 0 Å². The number of halogens is 1. The highest BCUT2D eigenvalue weighted by Gasteiger charge is 2.15. The zero-order valence-corrected chi connectivity index (χ0v) is 13.7. The van der Waals surface area contributed by atoms with E-state index in [1.165, 1.54) is 0 Å². The Labute approximate surface area is 139 Å². The maximum atomic E-state index is 6.14. The van der Waals surface area contributed by atoms with Gasteiger partial charge in [0.05, 0.1) is 7.11 Å². The summed E-state index contributed by atoms with van der Waals surface area (Å²) in [6, 6.07) is 9.71. The monoisotopic (exact) mass is 325 g/mol. The number of nitrogens with zero attached hydrogens (tertiary/aromatic N) is 2. The van der Waals surface area contributed by atoms with Crippen molar-refractivity contribution in [2.45, 2.75) is 0 Å². The summed E-state index contributed by atoms with van der Waals surface area (Å²) in [6.45, 7) is 3.88. The molecule has 3 aromatic rings. The Hall–Kier alpha value is -2.59. The van der Waals surface area contributed by atoms with Crippen LogP contribution in [0.15, 0.2) is 43.1 Å². The molecule has 5 heteroatoms. The zero-order valence-electron chi connectivity index (χ0n) is 12.9. The van der Waals surface area contributed by atoms with E-state index in [1.54, 1.807) is 26.4 Å². The highest BCUT2D eigenvalue weighted by Crippen LogP contribution is 2.37. The number of anilines is 1. The van der Waals surface area contributed by atoms with Crippen molar-refractivity contribution in [3.05, 3.63) is 53.7 Å². The third kappa shape index (κ3) is 2.73. The van der Waals surface area contributed by atoms with Crippen molar-refractivity contribution in [1.82, 2.24) is 9.97 Å². The van der Waals surface area contributed by atoms with Crippen LogP contribution in [0.5, 0.6) is 5.75 Å². The minimum absolute atomic E-state index is 0.536. The highest BCUT2D eigenvalue weighted by molar-refractivity contribution is 6.30. The van der Waals surface area contributed by atoms with Crippen LogP contribution in [0, 0.1) is 0 Å². The third-order valence-electron chi connectivity index (χ3n) is 3.64. The lowest BCUT2D eigenvalue weighted by Crippen LogP contribution is -1.99. The third-order valence-corrected chi connectivity index (χ3v) is 3.87. The molecule has 0 saturated heterocycles. The van der Waals surface area contributed by atoms with Crippen LogP contribution in [0.4, 0.5) is 5.95 Å². The van der Waals surface area contributed by atoms with E-state index in [2.05, 4.69) is 21.9 Å². The molecule has 3 rings (SSSR count). The lowest BCUT2D eigenvalue weighted by Gasteiger charge is -2.14. The minimum Gasteiger partial charge on any atom is -0.494 e. The first kappa shape index (κ1) is 15.3. The second kappa shape index (κ2) is 6.26. The number of hydrogen-bond acceptors (Lipinski definition) is 4. The van der Waals surface area contributed by atoms with Gasteiger partial charge in [-0.15, -0.1) is 0 Å². The van der Waals surface area contributed by atoms with Gasteiger partial charge < -0.3 is 10.1 Å². The second-order valence-corrected chi connectivity index (χ2v) is 5.40. The first-order valence-electron chi connectivity index (χ1n) is 7.11. The number of rotatable bonds is 4. The van der Waals surface area contributed by atoms with E-state index in [1.807, 2.05) is 30.3 Å². The van der Waals surface area contributed by atoms with Crippen molar-refractivity contribution in [3.63, 3.8) is 0 Å². The minimum atomic E-state index is 0.536. The van der Waals surface area contributed by atoms with Gasteiger partial charge in [-0.2, -0.15) is 0 Å². The van der Waals surface area contributed by atoms with Crippen molar-refractivity contribution < 1.29 is 4.74 Å². The maximum absolute atomic E-state index is 6.14. The quantitative estimate of drug-likeness (QED) is 0.759. The Morgan fingerprint density at radius 2 is 2.13 bits per heavy atom. The van der Waals surface area contributed by atoms with E-state index >= 15 is 0 Å². The standard InChI is InChI=1S/C18H16ClN3O/c1-4-11-9-14(12-6-5-7-13(19)8-12)15-10-21-18(20-2)22-16(15)17(11)23-3/h4-10H,1H2,2-3H3,(H,20,21,22). The lowest BCUT2D eigenvalue weighted by atomic mass is 9.98. The molecule has 0 fully saturated rings. The smallest absolute Gasteiger partial charge is 0.223 e. The van der Waals surface area contributed by atoms with Crippen LogP contribution in [0.1, 0.15) is 5.56 Å². The van der Waals surface area contributed by atoms with E-state index in [0.717, 1.165) is 27.6 Å². The molecule has 0 aliphatic heterocycles. The first-order chi connectivity index (χ1) is 11.2. The molecule has 116 valence electrons. The molecule has 0 aliphatic carbocycles. The molecule has 0 atom stereocenters. The first-order valence-corrected chi connectivity index (χ1v) is 7.49. The molecule has 4 nitrogen and oxygen atoms in total. The molecule has 0 spiro atoms. The average Bonchev–Trinajstić information content (AvgIpc) is 2.59. The SMILES string of the molecule is C=Cc1cc(-c2cccc(Cl)c2)c2cnc(NC)nc2c1OC. The Kier molecular flexibility index (Phi) is 4.17. The highest BCUT2D eigenvalue weighted by atomic mass is 35.5. The predicted octanol–water partition coefficient (Wildman–Crippen LogP) is 4.64. The fourth-order valence-corrected chi connectivity index (χ4v) is 2.76. The average molecular weight is 326 g/mol. The Morgan fingerprint density at radius 1 is 1.30 bits per heavy atom. The molecule has 0 bridgehead atoms. The number of ether oxygens (including phenoxy) is 1. The van der Waals surface area contributed by atoms with E-state index in [-0.39, 0.29) is 0 Å². The van der Waals surface area contributed by atoms with E-state index < -0.39 is 0 Å². The van der Waals surface area contributed by atoms with Gasteiger partial charge in [-0.05, 0) is 29.3 Å². The van der Waals surface area contributed by atoms with Gasteiger partial charge in [-0.1, -0.05) is 36.4 Å². The normalized spacial score (nSPS) is 10.6. The summed E-state index contributed by atoms with van der Waals surface area (Å²) in [7, 11) is 3.41. The van der Waals surface area contributed by atoms with Gasteiger partial charge in [-0.3, -0.25) is 0 Å². The summed E-state index contributed by atoms with van der Waals surface area (Å²) >= 11 is 6.14. The predicted molar refractivity (Wildman–Crippen MR) is 96.2 cm³/mol. The Bertz CT molecular complexity index is 893. The molecule has 1 N–H and O–H groups in total. The summed E-state index contributed by atoms with van der Waals surface area (Å²) < 4.78 is 5.55. The van der Waals surface area contributed by atoms with Crippen molar-refractivity contribution in [2.75, 3.05) is 19.5 Å². The Morgan fingerprint density at radius 3 is 2.78 bits per heavy atom. The van der Waals surface area contributed by atoms with Crippen molar-refractivity contribution in [3.8, 4) is 16.9 Å². The van der Waals surface area contributed by atoms with Crippen LogP contribution in [-0.2, 0) is 0 Å². The van der Waals surface area contributed by atoms with Crippen LogP contribution in [0.25, 0.3) is 28.1 Å². The summed E-state index contributed by atoms with van der Waals surface area (Å²) in [5.74, 6) is 1.22. The number of methoxy groups -OCH3 is 1. The summed E-state index contributed by atoms with van der Waals surface area (Å²) in [6.07, 6.45) is 3.55. The largest absolute Gasteiger partial charge is 0.494 e. The number of nitrogens with one attached hydrogen (secondary N) is 1. The van der Waals surface area contributed by atoms with Crippen molar-refractivity contribution >= 4 is 34.5 Å². The van der Waals surface area contributed by atoms with Crippen LogP contribution in [0.2, 0.25) is 5.02 Å². The van der Waals surface area contributed by atoms with Crippen LogP contribution in [-0.4, -0.2) is 24.1 Å². The molecule has 0 saturated carbocycles. The van der Waals surface area contributed by atoms with Gasteiger partial charge >= 0.3 is 0 Å². The maximum Gasteiger partial charge on any atom is 0.223 e. The van der Waals surface area contributed by atoms with E-state index in [0.29, 0.717) is 16.7 Å². The fraction of sp³-hybridized carbons (Fsp3) is 0.111. The summed E-state index contributed by atoms with van der Waals surface area (Å²) in [4.78, 5) is 8.88. The molecule has 1 heterocycles. The zero-order chi connectivity index (χ0) is 16.4. The number of fused-ring (bicyclic) bond motifs is 1. The fourth-order valence-electron chi connectivity index (χ4n) is 2.57. The van der Waals surface area contributed by atoms with Crippen molar-refractivity contribution in [1.29, 1.82) is 0 Å². The van der Waals surface area contributed by atoms with Crippen LogP contribution < -0.4 is 10.1 Å². The molecule has 1 aromatic heterocycles. The number of aromatic nitrogens is 2. The molecule has 0 radical (unpaired) electrons. The lowest BCUT2D eigenvalue weighted by molar-refractivity contribution is 0.418. The van der Waals surface area contributed by atoms with Crippen LogP contribution >= 0.6 is 11.6 Å². The molecule has 2 aromatic carbocycles. The number of benzene rings is 2. The topological polar surface area (TPSA) is 47.0 Å². The molecular weight excluding hydrogens is 310 g/mol. The van der Waals surface area contributed by atoms with E-state index in [9.17, 15) is 0 Å². The molecule has 23 heavy (non-hydrogen) atoms. The number of hydrogen-bond donors (Lipinski definition) is 1. The van der Waals surface area contributed by atoms with E-state index in [4.69, 9.17) is 16.3 Å². The molecule has 0 unspecified atom stereocenters. The van der Waals surface area contributed by atoms with Gasteiger partial charge in [-0.25, -0.2) is 9.97 Å². The molecular formula is C18H16ClN3O. The summed E-state index contributed by atoms with van der Waals surface area (Å²) in [5, 5.41) is 4.53. The van der Waals surface area contributed by atoms with Gasteiger partial charge in [0.15, 0.2) is 5.75 Å². The van der Waals surface area contributed by atoms with Gasteiger partial charge in [0, 0.05) is 29.2 Å². The second-order valence-electron chi connectivity index (χ2n) is 4.97. The molecule has 0 amide bonds. The van der Waals surface area contributed by atoms with Gasteiger partial charge in [0.1, 0.15) is 5.52 Å². The molecule has 0 aliphatic rings. The van der Waals surface area contributed by atoms with Crippen molar-refractivity contribution in [2.24, 2.45) is 0 Å². The Balaban J connectivity index is 2.40. The summed E-state index contributed by atoms with van der Waals surface area (Å²) in [5.41, 5.74) is 3.59.